The minimum Gasteiger partial charge on any atom is -0.497 e. The van der Waals surface area contributed by atoms with Crippen molar-refractivity contribution < 1.29 is 9.84 Å². The summed E-state index contributed by atoms with van der Waals surface area (Å²) in [5.41, 5.74) is 3.69. The molecule has 24 heavy (non-hydrogen) atoms. The van der Waals surface area contributed by atoms with Gasteiger partial charge in [-0.2, -0.15) is 0 Å². The van der Waals surface area contributed by atoms with Gasteiger partial charge in [-0.1, -0.05) is 19.4 Å². The molecule has 0 saturated heterocycles. The lowest BCUT2D eigenvalue weighted by Gasteiger charge is -2.58. The second-order valence-corrected chi connectivity index (χ2v) is 9.15. The SMILES string of the molecule is COc1ccc2c(c1)CC[C@@H]1[C@@H]2CC[C@]2(C)[C@@H](O)C[C@H]3CCC[C@@]312. The number of rotatable bonds is 1. The second-order valence-electron chi connectivity index (χ2n) is 9.15. The van der Waals surface area contributed by atoms with Gasteiger partial charge in [0, 0.05) is 0 Å². The fourth-order valence-electron chi connectivity index (χ4n) is 7.78. The number of aliphatic hydroxyl groups excluding tert-OH is 1. The van der Waals surface area contributed by atoms with Crippen molar-refractivity contribution in [2.75, 3.05) is 7.11 Å². The molecule has 3 fully saturated rings. The van der Waals surface area contributed by atoms with Crippen molar-refractivity contribution in [2.24, 2.45) is 22.7 Å². The summed E-state index contributed by atoms with van der Waals surface area (Å²) in [4.78, 5) is 0. The lowest BCUT2D eigenvalue weighted by Crippen LogP contribution is -2.53. The molecule has 5 rings (SSSR count). The van der Waals surface area contributed by atoms with E-state index in [0.717, 1.165) is 24.0 Å². The summed E-state index contributed by atoms with van der Waals surface area (Å²) in [6, 6.07) is 6.77. The van der Waals surface area contributed by atoms with E-state index < -0.39 is 0 Å². The smallest absolute Gasteiger partial charge is 0.119 e. The highest BCUT2D eigenvalue weighted by Gasteiger charge is 2.69. The van der Waals surface area contributed by atoms with Gasteiger partial charge in [-0.15, -0.1) is 0 Å². The Morgan fingerprint density at radius 1 is 1.17 bits per heavy atom. The summed E-state index contributed by atoms with van der Waals surface area (Å²) < 4.78 is 5.45. The Morgan fingerprint density at radius 3 is 2.88 bits per heavy atom. The lowest BCUT2D eigenvalue weighted by atomic mass is 9.46. The van der Waals surface area contributed by atoms with Gasteiger partial charge >= 0.3 is 0 Å². The van der Waals surface area contributed by atoms with Crippen LogP contribution in [0, 0.1) is 22.7 Å². The van der Waals surface area contributed by atoms with Crippen molar-refractivity contribution in [1.29, 1.82) is 0 Å². The highest BCUT2D eigenvalue weighted by molar-refractivity contribution is 5.41. The highest BCUT2D eigenvalue weighted by atomic mass is 16.5. The first-order valence-electron chi connectivity index (χ1n) is 9.95. The molecule has 0 unspecified atom stereocenters. The van der Waals surface area contributed by atoms with Gasteiger partial charge in [-0.05, 0) is 96.8 Å². The fourth-order valence-corrected chi connectivity index (χ4v) is 7.78. The summed E-state index contributed by atoms with van der Waals surface area (Å²) in [6.07, 6.45) is 10.0. The summed E-state index contributed by atoms with van der Waals surface area (Å²) in [7, 11) is 1.77. The van der Waals surface area contributed by atoms with Crippen LogP contribution >= 0.6 is 0 Å². The van der Waals surface area contributed by atoms with Gasteiger partial charge in [0.2, 0.25) is 0 Å². The van der Waals surface area contributed by atoms with Crippen molar-refractivity contribution >= 4 is 0 Å². The van der Waals surface area contributed by atoms with Gasteiger partial charge in [0.1, 0.15) is 5.75 Å². The molecular weight excluding hydrogens is 296 g/mol. The Kier molecular flexibility index (Phi) is 3.18. The molecule has 0 bridgehead atoms. The molecule has 4 aliphatic carbocycles. The first-order valence-corrected chi connectivity index (χ1v) is 9.95. The molecule has 0 heterocycles. The van der Waals surface area contributed by atoms with Crippen LogP contribution < -0.4 is 4.74 Å². The molecule has 3 saturated carbocycles. The van der Waals surface area contributed by atoms with Crippen LogP contribution in [-0.4, -0.2) is 18.3 Å². The van der Waals surface area contributed by atoms with Crippen LogP contribution in [0.25, 0.3) is 0 Å². The van der Waals surface area contributed by atoms with E-state index in [0.29, 0.717) is 11.3 Å². The monoisotopic (exact) mass is 326 g/mol. The van der Waals surface area contributed by atoms with E-state index in [1.54, 1.807) is 12.7 Å². The molecule has 1 aromatic carbocycles. The van der Waals surface area contributed by atoms with Crippen molar-refractivity contribution in [3.63, 3.8) is 0 Å². The predicted molar refractivity (Wildman–Crippen MR) is 95.3 cm³/mol. The zero-order chi connectivity index (χ0) is 16.5. The summed E-state index contributed by atoms with van der Waals surface area (Å²) in [6.45, 7) is 2.43. The molecule has 0 radical (unpaired) electrons. The van der Waals surface area contributed by atoms with Crippen LogP contribution in [0.5, 0.6) is 5.75 Å². The quantitative estimate of drug-likeness (QED) is 0.811. The predicted octanol–water partition coefficient (Wildman–Crippen LogP) is 4.69. The third-order valence-corrected chi connectivity index (χ3v) is 8.77. The summed E-state index contributed by atoms with van der Waals surface area (Å²) in [5.74, 6) is 3.26. The normalized spacial score (nSPS) is 46.0. The number of methoxy groups -OCH3 is 1. The Balaban J connectivity index is 1.60. The van der Waals surface area contributed by atoms with E-state index in [4.69, 9.17) is 4.74 Å². The molecular formula is C22H30O2. The van der Waals surface area contributed by atoms with E-state index in [1.165, 1.54) is 50.5 Å². The Morgan fingerprint density at radius 2 is 2.04 bits per heavy atom. The molecule has 0 aliphatic heterocycles. The molecule has 0 amide bonds. The number of fused-ring (bicyclic) bond motifs is 3. The van der Waals surface area contributed by atoms with Crippen LogP contribution in [0.4, 0.5) is 0 Å². The van der Waals surface area contributed by atoms with Gasteiger partial charge in [0.05, 0.1) is 13.2 Å². The van der Waals surface area contributed by atoms with Crippen LogP contribution in [0.3, 0.4) is 0 Å². The highest BCUT2D eigenvalue weighted by Crippen LogP contribution is 2.74. The minimum atomic E-state index is -0.0685. The maximum absolute atomic E-state index is 10.9. The van der Waals surface area contributed by atoms with Crippen molar-refractivity contribution in [3.05, 3.63) is 29.3 Å². The van der Waals surface area contributed by atoms with Crippen LogP contribution in [0.15, 0.2) is 18.2 Å². The fraction of sp³-hybridized carbons (Fsp3) is 0.727. The van der Waals surface area contributed by atoms with Crippen molar-refractivity contribution in [3.8, 4) is 5.75 Å². The van der Waals surface area contributed by atoms with Gasteiger partial charge in [0.15, 0.2) is 0 Å². The maximum Gasteiger partial charge on any atom is 0.119 e. The number of benzene rings is 1. The topological polar surface area (TPSA) is 29.5 Å². The van der Waals surface area contributed by atoms with E-state index in [2.05, 4.69) is 25.1 Å². The molecule has 1 spiro atoms. The maximum atomic E-state index is 10.9. The standard InChI is InChI=1S/C22H30O2/c1-21-11-9-18-17-7-6-16(24-2)12-14(17)5-8-19(18)22(21)10-3-4-15(22)13-20(21)23/h6-7,12,15,18-20,23H,3-5,8-11,13H2,1-2H3/t15-,18-,19-,20+,21-,22-/m1/s1. The van der Waals surface area contributed by atoms with E-state index >= 15 is 0 Å². The van der Waals surface area contributed by atoms with Crippen molar-refractivity contribution in [2.45, 2.75) is 70.3 Å². The van der Waals surface area contributed by atoms with Gasteiger partial charge in [-0.3, -0.25) is 0 Å². The molecule has 1 aromatic rings. The number of hydrogen-bond donors (Lipinski definition) is 1. The molecule has 6 atom stereocenters. The molecule has 2 nitrogen and oxygen atoms in total. The molecule has 130 valence electrons. The average molecular weight is 326 g/mol. The zero-order valence-electron chi connectivity index (χ0n) is 15.1. The Bertz CT molecular complexity index is 668. The third-order valence-electron chi connectivity index (χ3n) is 8.77. The number of aryl methyl sites for hydroxylation is 1. The number of aliphatic hydroxyl groups is 1. The summed E-state index contributed by atoms with van der Waals surface area (Å²) >= 11 is 0. The first-order chi connectivity index (χ1) is 11.6. The molecule has 4 aliphatic rings. The Labute approximate surface area is 145 Å². The molecule has 2 heteroatoms. The van der Waals surface area contributed by atoms with E-state index in [1.807, 2.05) is 0 Å². The van der Waals surface area contributed by atoms with Gasteiger partial charge < -0.3 is 9.84 Å². The van der Waals surface area contributed by atoms with Crippen molar-refractivity contribution in [1.82, 2.24) is 0 Å². The lowest BCUT2D eigenvalue weighted by molar-refractivity contribution is -0.102. The molecule has 0 aromatic heterocycles. The van der Waals surface area contributed by atoms with Crippen LogP contribution in [-0.2, 0) is 6.42 Å². The Hall–Kier alpha value is -1.02. The van der Waals surface area contributed by atoms with Gasteiger partial charge in [-0.25, -0.2) is 0 Å². The first kappa shape index (κ1) is 15.3. The van der Waals surface area contributed by atoms with Gasteiger partial charge in [0.25, 0.3) is 0 Å². The van der Waals surface area contributed by atoms with E-state index in [-0.39, 0.29) is 11.5 Å². The average Bonchev–Trinajstić information content (AvgIpc) is 3.10. The number of ether oxygens (including phenoxy) is 1. The second kappa shape index (κ2) is 5.00. The van der Waals surface area contributed by atoms with E-state index in [9.17, 15) is 5.11 Å². The molecule has 1 N–H and O–H groups in total. The van der Waals surface area contributed by atoms with Crippen LogP contribution in [0.2, 0.25) is 0 Å². The third kappa shape index (κ3) is 1.66. The largest absolute Gasteiger partial charge is 0.497 e. The number of hydrogen-bond acceptors (Lipinski definition) is 2. The zero-order valence-corrected chi connectivity index (χ0v) is 15.1. The van der Waals surface area contributed by atoms with Crippen LogP contribution in [0.1, 0.15) is 68.9 Å². The minimum absolute atomic E-state index is 0.0685. The summed E-state index contributed by atoms with van der Waals surface area (Å²) in [5, 5.41) is 10.9.